The van der Waals surface area contributed by atoms with Crippen LogP contribution in [-0.2, 0) is 17.7 Å². The minimum Gasteiger partial charge on any atom is -0.423 e. The van der Waals surface area contributed by atoms with Crippen LogP contribution in [0, 0.1) is 5.92 Å². The molecule has 1 N–H and O–H groups in total. The van der Waals surface area contributed by atoms with Gasteiger partial charge in [-0.15, -0.1) is 0 Å². The van der Waals surface area contributed by atoms with E-state index in [1.54, 1.807) is 0 Å². The van der Waals surface area contributed by atoms with Gasteiger partial charge in [0.05, 0.1) is 6.61 Å². The Kier molecular flexibility index (Phi) is 2.70. The number of benzene rings is 1. The molecule has 0 amide bonds. The highest BCUT2D eigenvalue weighted by atomic mass is 35.5. The molecule has 0 unspecified atom stereocenters. The molecular formula is C12H14BClO2. The lowest BCUT2D eigenvalue weighted by atomic mass is 9.78. The normalized spacial score (nSPS) is 19.0. The van der Waals surface area contributed by atoms with E-state index in [2.05, 4.69) is 0 Å². The van der Waals surface area contributed by atoms with Gasteiger partial charge in [-0.25, -0.2) is 0 Å². The van der Waals surface area contributed by atoms with Crippen LogP contribution in [0.5, 0.6) is 0 Å². The topological polar surface area (TPSA) is 29.5 Å². The average Bonchev–Trinajstić information content (AvgIpc) is 3.02. The lowest BCUT2D eigenvalue weighted by Gasteiger charge is -2.07. The summed E-state index contributed by atoms with van der Waals surface area (Å²) in [5.41, 5.74) is 3.07. The first-order valence-corrected chi connectivity index (χ1v) is 6.22. The molecule has 3 rings (SSSR count). The zero-order valence-electron chi connectivity index (χ0n) is 9.08. The average molecular weight is 237 g/mol. The Morgan fingerprint density at radius 1 is 1.44 bits per heavy atom. The zero-order chi connectivity index (χ0) is 11.1. The van der Waals surface area contributed by atoms with Crippen LogP contribution in [0.2, 0.25) is 5.02 Å². The van der Waals surface area contributed by atoms with E-state index < -0.39 is 7.12 Å². The monoisotopic (exact) mass is 236 g/mol. The minimum absolute atomic E-state index is 0.471. The van der Waals surface area contributed by atoms with Gasteiger partial charge in [0.15, 0.2) is 0 Å². The Hall–Kier alpha value is -0.505. The van der Waals surface area contributed by atoms with E-state index in [1.165, 1.54) is 19.3 Å². The molecule has 1 fully saturated rings. The maximum atomic E-state index is 9.62. The van der Waals surface area contributed by atoms with Crippen molar-refractivity contribution in [2.75, 3.05) is 0 Å². The van der Waals surface area contributed by atoms with Gasteiger partial charge in [-0.3, -0.25) is 0 Å². The van der Waals surface area contributed by atoms with Crippen molar-refractivity contribution in [1.82, 2.24) is 0 Å². The summed E-state index contributed by atoms with van der Waals surface area (Å²) in [5.74, 6) is 0.908. The molecule has 1 aromatic rings. The molecule has 0 spiro atoms. The van der Waals surface area contributed by atoms with E-state index in [0.717, 1.165) is 34.0 Å². The van der Waals surface area contributed by atoms with Crippen molar-refractivity contribution < 1.29 is 9.68 Å². The fourth-order valence-corrected chi connectivity index (χ4v) is 2.53. The molecule has 1 aromatic carbocycles. The number of aryl methyl sites for hydroxylation is 1. The van der Waals surface area contributed by atoms with Crippen LogP contribution in [0.15, 0.2) is 12.1 Å². The second kappa shape index (κ2) is 4.06. The molecule has 0 radical (unpaired) electrons. The van der Waals surface area contributed by atoms with E-state index in [-0.39, 0.29) is 0 Å². The standard InChI is InChI=1S/C12H14BClO2/c14-12-6-10-7-16-13(15)11(10)5-9(12)4-3-8-1-2-8/h5-6,8,15H,1-4,7H2. The van der Waals surface area contributed by atoms with Crippen LogP contribution in [-0.4, -0.2) is 12.1 Å². The summed E-state index contributed by atoms with van der Waals surface area (Å²) >= 11 is 6.22. The fourth-order valence-electron chi connectivity index (χ4n) is 2.25. The highest BCUT2D eigenvalue weighted by Gasteiger charge is 2.28. The molecule has 0 aromatic heterocycles. The van der Waals surface area contributed by atoms with Gasteiger partial charge in [0.1, 0.15) is 0 Å². The first kappa shape index (κ1) is 10.6. The SMILES string of the molecule is OB1OCc2cc(Cl)c(CCC3CC3)cc21. The van der Waals surface area contributed by atoms with Gasteiger partial charge in [-0.2, -0.15) is 0 Å². The van der Waals surface area contributed by atoms with Gasteiger partial charge in [-0.1, -0.05) is 30.5 Å². The largest absolute Gasteiger partial charge is 0.491 e. The van der Waals surface area contributed by atoms with E-state index in [1.807, 2.05) is 12.1 Å². The van der Waals surface area contributed by atoms with Crippen molar-refractivity contribution >= 4 is 24.2 Å². The Bertz CT molecular complexity index is 418. The molecule has 16 heavy (non-hydrogen) atoms. The molecule has 84 valence electrons. The summed E-state index contributed by atoms with van der Waals surface area (Å²) in [6, 6.07) is 3.95. The van der Waals surface area contributed by atoms with Gasteiger partial charge in [0.2, 0.25) is 0 Å². The van der Waals surface area contributed by atoms with E-state index in [4.69, 9.17) is 16.3 Å². The second-order valence-corrected chi connectivity index (χ2v) is 5.20. The number of hydrogen-bond acceptors (Lipinski definition) is 2. The molecule has 1 aliphatic heterocycles. The van der Waals surface area contributed by atoms with Crippen molar-refractivity contribution in [2.24, 2.45) is 5.92 Å². The smallest absolute Gasteiger partial charge is 0.423 e. The van der Waals surface area contributed by atoms with Gasteiger partial charge in [-0.05, 0) is 41.4 Å². The van der Waals surface area contributed by atoms with Gasteiger partial charge in [0, 0.05) is 5.02 Å². The second-order valence-electron chi connectivity index (χ2n) is 4.79. The van der Waals surface area contributed by atoms with E-state index in [0.29, 0.717) is 6.61 Å². The van der Waals surface area contributed by atoms with Gasteiger partial charge < -0.3 is 9.68 Å². The van der Waals surface area contributed by atoms with Crippen molar-refractivity contribution in [3.63, 3.8) is 0 Å². The molecule has 0 atom stereocenters. The Morgan fingerprint density at radius 3 is 3.00 bits per heavy atom. The molecule has 0 bridgehead atoms. The van der Waals surface area contributed by atoms with Crippen LogP contribution in [0.3, 0.4) is 0 Å². The van der Waals surface area contributed by atoms with E-state index in [9.17, 15) is 5.02 Å². The van der Waals surface area contributed by atoms with Crippen LogP contribution in [0.1, 0.15) is 30.4 Å². The molecule has 4 heteroatoms. The molecular weight excluding hydrogens is 222 g/mol. The Labute approximate surface area is 101 Å². The van der Waals surface area contributed by atoms with Crippen LogP contribution >= 0.6 is 11.6 Å². The minimum atomic E-state index is -0.757. The number of rotatable bonds is 3. The maximum absolute atomic E-state index is 9.62. The highest BCUT2D eigenvalue weighted by molar-refractivity contribution is 6.61. The predicted octanol–water partition coefficient (Wildman–Crippen LogP) is 1.90. The van der Waals surface area contributed by atoms with Crippen LogP contribution in [0.25, 0.3) is 0 Å². The lowest BCUT2D eigenvalue weighted by Crippen LogP contribution is -2.28. The summed E-state index contributed by atoms with van der Waals surface area (Å²) in [7, 11) is -0.757. The quantitative estimate of drug-likeness (QED) is 0.812. The number of fused-ring (bicyclic) bond motifs is 1. The third-order valence-electron chi connectivity index (χ3n) is 3.49. The van der Waals surface area contributed by atoms with Crippen LogP contribution < -0.4 is 5.46 Å². The molecule has 1 aliphatic carbocycles. The first-order chi connectivity index (χ1) is 7.74. The molecule has 2 aliphatic rings. The number of hydrogen-bond donors (Lipinski definition) is 1. The van der Waals surface area contributed by atoms with Gasteiger partial charge in [0.25, 0.3) is 0 Å². The van der Waals surface area contributed by atoms with Crippen molar-refractivity contribution in [3.05, 3.63) is 28.3 Å². The predicted molar refractivity (Wildman–Crippen MR) is 64.9 cm³/mol. The van der Waals surface area contributed by atoms with Crippen molar-refractivity contribution in [3.8, 4) is 0 Å². The zero-order valence-corrected chi connectivity index (χ0v) is 9.83. The van der Waals surface area contributed by atoms with Gasteiger partial charge >= 0.3 is 7.12 Å². The summed E-state index contributed by atoms with van der Waals surface area (Å²) < 4.78 is 5.17. The molecule has 2 nitrogen and oxygen atoms in total. The third kappa shape index (κ3) is 2.00. The first-order valence-electron chi connectivity index (χ1n) is 5.85. The highest BCUT2D eigenvalue weighted by Crippen LogP contribution is 2.34. The number of halogens is 1. The summed E-state index contributed by atoms with van der Waals surface area (Å²) in [4.78, 5) is 0. The summed E-state index contributed by atoms with van der Waals surface area (Å²) in [6.45, 7) is 0.471. The Morgan fingerprint density at radius 2 is 2.25 bits per heavy atom. The molecule has 0 saturated heterocycles. The maximum Gasteiger partial charge on any atom is 0.491 e. The van der Waals surface area contributed by atoms with E-state index >= 15 is 0 Å². The third-order valence-corrected chi connectivity index (χ3v) is 3.84. The van der Waals surface area contributed by atoms with Crippen molar-refractivity contribution in [1.29, 1.82) is 0 Å². The molecule has 1 heterocycles. The summed E-state index contributed by atoms with van der Waals surface area (Å²) in [5, 5.41) is 10.4. The van der Waals surface area contributed by atoms with Crippen LogP contribution in [0.4, 0.5) is 0 Å². The fraction of sp³-hybridized carbons (Fsp3) is 0.500. The summed E-state index contributed by atoms with van der Waals surface area (Å²) in [6.07, 6.45) is 4.97. The lowest BCUT2D eigenvalue weighted by molar-refractivity contribution is 0.275. The Balaban J connectivity index is 1.83. The van der Waals surface area contributed by atoms with Crippen molar-refractivity contribution in [2.45, 2.75) is 32.3 Å². The molecule has 1 saturated carbocycles.